The van der Waals surface area contributed by atoms with Crippen molar-refractivity contribution in [3.63, 3.8) is 0 Å². The van der Waals surface area contributed by atoms with Crippen molar-refractivity contribution in [2.45, 2.75) is 17.7 Å². The lowest BCUT2D eigenvalue weighted by molar-refractivity contribution is -0.135. The highest BCUT2D eigenvalue weighted by Crippen LogP contribution is 2.33. The Morgan fingerprint density at radius 3 is 2.38 bits per heavy atom. The van der Waals surface area contributed by atoms with Gasteiger partial charge in [0.05, 0.1) is 35.5 Å². The highest BCUT2D eigenvalue weighted by Gasteiger charge is 2.37. The quantitative estimate of drug-likeness (QED) is 0.651. The molecule has 160 valence electrons. The maximum atomic E-state index is 13.0. The molecule has 0 aliphatic carbocycles. The molecule has 11 heteroatoms. The van der Waals surface area contributed by atoms with Gasteiger partial charge in [-0.3, -0.25) is 4.79 Å². The van der Waals surface area contributed by atoms with Crippen LogP contribution in [-0.2, 0) is 24.7 Å². The third kappa shape index (κ3) is 4.22. The lowest BCUT2D eigenvalue weighted by Crippen LogP contribution is -2.52. The Morgan fingerprint density at radius 1 is 1.03 bits per heavy atom. The third-order valence-electron chi connectivity index (χ3n) is 5.49. The fraction of sp³-hybridized carbons (Fsp3) is 0.611. The number of carbonyl (C=O) groups is 1. The van der Waals surface area contributed by atoms with Crippen molar-refractivity contribution >= 4 is 25.8 Å². The molecule has 0 N–H and O–H groups in total. The van der Waals surface area contributed by atoms with Crippen LogP contribution in [0.1, 0.15) is 12.8 Å². The smallest absolute Gasteiger partial charge is 0.243 e. The zero-order valence-electron chi connectivity index (χ0n) is 15.9. The Bertz CT molecular complexity index is 999. The zero-order valence-corrected chi connectivity index (χ0v) is 17.6. The van der Waals surface area contributed by atoms with Crippen molar-refractivity contribution in [1.29, 1.82) is 0 Å². The third-order valence-corrected chi connectivity index (χ3v) is 9.15. The average molecular weight is 445 g/mol. The summed E-state index contributed by atoms with van der Waals surface area (Å²) in [6, 6.07) is 4.59. The van der Waals surface area contributed by atoms with Gasteiger partial charge in [-0.25, -0.2) is 16.8 Å². The van der Waals surface area contributed by atoms with E-state index in [9.17, 15) is 21.6 Å². The first-order valence-electron chi connectivity index (χ1n) is 9.65. The highest BCUT2D eigenvalue weighted by atomic mass is 32.2. The van der Waals surface area contributed by atoms with Gasteiger partial charge < -0.3 is 14.4 Å². The minimum atomic E-state index is -3.73. The average Bonchev–Trinajstić information content (AvgIpc) is 2.92. The second-order valence-corrected chi connectivity index (χ2v) is 11.7. The summed E-state index contributed by atoms with van der Waals surface area (Å²) in [4.78, 5) is 14.3. The van der Waals surface area contributed by atoms with E-state index in [1.807, 2.05) is 0 Å². The number of sulfonamides is 1. The van der Waals surface area contributed by atoms with Gasteiger partial charge in [-0.1, -0.05) is 0 Å². The molecule has 4 rings (SSSR count). The molecule has 1 amide bonds. The van der Waals surface area contributed by atoms with Crippen molar-refractivity contribution in [2.75, 3.05) is 50.9 Å². The number of carbonyl (C=O) groups excluding carboxylic acids is 1. The van der Waals surface area contributed by atoms with Crippen LogP contribution in [0.25, 0.3) is 0 Å². The Morgan fingerprint density at radius 2 is 1.72 bits per heavy atom. The second-order valence-electron chi connectivity index (χ2n) is 7.49. The van der Waals surface area contributed by atoms with E-state index in [4.69, 9.17) is 9.47 Å². The summed E-state index contributed by atoms with van der Waals surface area (Å²) in [6.45, 7) is 1.83. The van der Waals surface area contributed by atoms with Crippen molar-refractivity contribution in [3.8, 4) is 11.5 Å². The molecule has 1 unspecified atom stereocenters. The Kier molecular flexibility index (Phi) is 5.47. The number of rotatable bonds is 3. The molecule has 2 saturated heterocycles. The van der Waals surface area contributed by atoms with E-state index in [2.05, 4.69) is 0 Å². The first-order valence-corrected chi connectivity index (χ1v) is 12.9. The van der Waals surface area contributed by atoms with E-state index >= 15 is 0 Å². The maximum absolute atomic E-state index is 13.0. The predicted molar refractivity (Wildman–Crippen MR) is 104 cm³/mol. The van der Waals surface area contributed by atoms with Gasteiger partial charge in [0, 0.05) is 38.7 Å². The van der Waals surface area contributed by atoms with Crippen LogP contribution in [0.15, 0.2) is 23.1 Å². The van der Waals surface area contributed by atoms with Gasteiger partial charge in [-0.2, -0.15) is 4.31 Å². The largest absolute Gasteiger partial charge is 0.490 e. The molecule has 3 aliphatic rings. The molecular weight excluding hydrogens is 420 g/mol. The molecule has 3 aliphatic heterocycles. The number of sulfone groups is 1. The van der Waals surface area contributed by atoms with Gasteiger partial charge >= 0.3 is 0 Å². The lowest BCUT2D eigenvalue weighted by atomic mass is 10.1. The predicted octanol–water partition coefficient (Wildman–Crippen LogP) is 0.116. The number of fused-ring (bicyclic) bond motifs is 1. The van der Waals surface area contributed by atoms with E-state index in [-0.39, 0.29) is 48.5 Å². The molecule has 0 bridgehead atoms. The number of ether oxygens (including phenoxy) is 2. The van der Waals surface area contributed by atoms with Gasteiger partial charge in [-0.05, 0) is 18.6 Å². The number of amides is 1. The van der Waals surface area contributed by atoms with Crippen molar-refractivity contribution in [3.05, 3.63) is 18.2 Å². The Labute approximate surface area is 170 Å². The first kappa shape index (κ1) is 20.4. The van der Waals surface area contributed by atoms with Gasteiger partial charge in [0.2, 0.25) is 15.9 Å². The summed E-state index contributed by atoms with van der Waals surface area (Å²) >= 11 is 0. The van der Waals surface area contributed by atoms with Crippen molar-refractivity contribution < 1.29 is 31.1 Å². The summed E-state index contributed by atoms with van der Waals surface area (Å²) < 4.78 is 61.8. The lowest BCUT2D eigenvalue weighted by Gasteiger charge is -2.35. The van der Waals surface area contributed by atoms with Gasteiger partial charge in [0.1, 0.15) is 0 Å². The van der Waals surface area contributed by atoms with Gasteiger partial charge in [-0.15, -0.1) is 0 Å². The van der Waals surface area contributed by atoms with Crippen LogP contribution in [0.2, 0.25) is 0 Å². The minimum Gasteiger partial charge on any atom is -0.490 e. The normalized spacial score (nSPS) is 24.8. The molecule has 0 spiro atoms. The number of nitrogens with zero attached hydrogens (tertiary/aromatic N) is 2. The number of hydrogen-bond donors (Lipinski definition) is 0. The molecule has 1 aromatic rings. The van der Waals surface area contributed by atoms with Crippen LogP contribution in [0.5, 0.6) is 11.5 Å². The topological polar surface area (TPSA) is 110 Å². The summed E-state index contributed by atoms with van der Waals surface area (Å²) in [7, 11) is -6.87. The van der Waals surface area contributed by atoms with Crippen molar-refractivity contribution in [1.82, 2.24) is 9.21 Å². The zero-order chi connectivity index (χ0) is 20.6. The molecule has 0 aromatic heterocycles. The molecule has 0 radical (unpaired) electrons. The number of benzene rings is 1. The molecule has 9 nitrogen and oxygen atoms in total. The van der Waals surface area contributed by atoms with E-state index < -0.39 is 25.8 Å². The van der Waals surface area contributed by atoms with E-state index in [1.165, 1.54) is 16.4 Å². The SMILES string of the molecule is O=C(C1CCS(=O)(=O)C1)N1CCN(S(=O)(=O)c2ccc3c(c2)OCCCO3)CC1. The van der Waals surface area contributed by atoms with Crippen LogP contribution in [-0.4, -0.2) is 82.8 Å². The van der Waals surface area contributed by atoms with Gasteiger partial charge in [0.25, 0.3) is 0 Å². The number of piperazine rings is 1. The monoisotopic (exact) mass is 444 g/mol. The number of hydrogen-bond acceptors (Lipinski definition) is 7. The van der Waals surface area contributed by atoms with Crippen LogP contribution in [0.3, 0.4) is 0 Å². The fourth-order valence-electron chi connectivity index (χ4n) is 3.85. The van der Waals surface area contributed by atoms with Crippen LogP contribution in [0, 0.1) is 5.92 Å². The standard InChI is InChI=1S/C18H24N2O7S2/c21-18(14-4-11-28(22,23)13-14)19-5-7-20(8-6-19)29(24,25)15-2-3-16-17(12-15)27-10-1-9-26-16/h2-3,12,14H,1,4-11,13H2. The minimum absolute atomic E-state index is 0.0435. The fourth-order valence-corrected chi connectivity index (χ4v) is 7.02. The van der Waals surface area contributed by atoms with Crippen molar-refractivity contribution in [2.24, 2.45) is 5.92 Å². The second kappa shape index (κ2) is 7.77. The summed E-state index contributed by atoms with van der Waals surface area (Å²) in [5, 5.41) is 0. The summed E-state index contributed by atoms with van der Waals surface area (Å²) in [5.74, 6) is 0.176. The van der Waals surface area contributed by atoms with E-state index in [0.29, 0.717) is 31.1 Å². The molecular formula is C18H24N2O7S2. The Balaban J connectivity index is 1.43. The molecule has 29 heavy (non-hydrogen) atoms. The summed E-state index contributed by atoms with van der Waals surface area (Å²) in [6.07, 6.45) is 1.08. The molecule has 1 atom stereocenters. The van der Waals surface area contributed by atoms with Crippen LogP contribution < -0.4 is 9.47 Å². The van der Waals surface area contributed by atoms with Gasteiger partial charge in [0.15, 0.2) is 21.3 Å². The molecule has 0 saturated carbocycles. The van der Waals surface area contributed by atoms with Crippen LogP contribution in [0.4, 0.5) is 0 Å². The molecule has 3 heterocycles. The van der Waals surface area contributed by atoms with Crippen LogP contribution >= 0.6 is 0 Å². The maximum Gasteiger partial charge on any atom is 0.243 e. The summed E-state index contributed by atoms with van der Waals surface area (Å²) in [5.41, 5.74) is 0. The van der Waals surface area contributed by atoms with E-state index in [1.54, 1.807) is 11.0 Å². The highest BCUT2D eigenvalue weighted by molar-refractivity contribution is 7.91. The molecule has 1 aromatic carbocycles. The first-order chi connectivity index (χ1) is 13.8. The Hall–Kier alpha value is -1.85. The molecule has 2 fully saturated rings. The van der Waals surface area contributed by atoms with E-state index in [0.717, 1.165) is 6.42 Å².